The lowest BCUT2D eigenvalue weighted by molar-refractivity contribution is 0.628. The first kappa shape index (κ1) is 12.8. The Balaban J connectivity index is 2.09. The molecular formula is C16H10ClFN2. The summed E-state index contributed by atoms with van der Waals surface area (Å²) in [7, 11) is 0. The molecule has 0 N–H and O–H groups in total. The van der Waals surface area contributed by atoms with E-state index in [9.17, 15) is 4.39 Å². The van der Waals surface area contributed by atoms with Crippen molar-refractivity contribution < 1.29 is 4.39 Å². The maximum Gasteiger partial charge on any atom is 0.159 e. The van der Waals surface area contributed by atoms with Crippen molar-refractivity contribution in [2.24, 2.45) is 0 Å². The van der Waals surface area contributed by atoms with Crippen LogP contribution in [-0.4, -0.2) is 10.2 Å². The highest BCUT2D eigenvalue weighted by molar-refractivity contribution is 6.32. The van der Waals surface area contributed by atoms with Gasteiger partial charge in [0.2, 0.25) is 0 Å². The Kier molecular flexibility index (Phi) is 3.44. The van der Waals surface area contributed by atoms with Crippen molar-refractivity contribution in [1.29, 1.82) is 0 Å². The molecule has 0 bridgehead atoms. The number of rotatable bonds is 2. The summed E-state index contributed by atoms with van der Waals surface area (Å²) in [6.45, 7) is 0. The summed E-state index contributed by atoms with van der Waals surface area (Å²) in [5, 5.41) is 8.39. The van der Waals surface area contributed by atoms with E-state index >= 15 is 0 Å². The van der Waals surface area contributed by atoms with E-state index in [2.05, 4.69) is 10.2 Å². The molecule has 98 valence electrons. The maximum absolute atomic E-state index is 13.0. The normalized spacial score (nSPS) is 10.5. The van der Waals surface area contributed by atoms with Crippen molar-refractivity contribution >= 4 is 11.6 Å². The molecule has 0 aliphatic heterocycles. The van der Waals surface area contributed by atoms with Gasteiger partial charge in [-0.15, -0.1) is 10.2 Å². The topological polar surface area (TPSA) is 25.8 Å². The first-order chi connectivity index (χ1) is 9.74. The minimum absolute atomic E-state index is 0.279. The van der Waals surface area contributed by atoms with Gasteiger partial charge in [0, 0.05) is 11.1 Å². The number of halogens is 2. The third-order valence-electron chi connectivity index (χ3n) is 2.97. The molecule has 0 spiro atoms. The van der Waals surface area contributed by atoms with Gasteiger partial charge in [-0.25, -0.2) is 4.39 Å². The van der Waals surface area contributed by atoms with E-state index in [0.717, 1.165) is 16.7 Å². The fourth-order valence-corrected chi connectivity index (χ4v) is 2.16. The second-order valence-electron chi connectivity index (χ2n) is 4.31. The molecule has 0 saturated heterocycles. The molecular weight excluding hydrogens is 275 g/mol. The molecule has 0 amide bonds. The van der Waals surface area contributed by atoms with Gasteiger partial charge in [0.1, 0.15) is 5.82 Å². The maximum atomic E-state index is 13.0. The molecule has 2 aromatic carbocycles. The van der Waals surface area contributed by atoms with Gasteiger partial charge in [-0.2, -0.15) is 0 Å². The predicted molar refractivity (Wildman–Crippen MR) is 77.9 cm³/mol. The molecule has 1 heterocycles. The molecule has 3 rings (SSSR count). The van der Waals surface area contributed by atoms with Gasteiger partial charge in [0.25, 0.3) is 0 Å². The van der Waals surface area contributed by atoms with Gasteiger partial charge in [-0.05, 0) is 35.9 Å². The standard InChI is InChI=1S/C16H10ClFN2/c17-16-14(11-4-2-1-3-5-11)10-15(19-20-16)12-6-8-13(18)9-7-12/h1-10H. The molecule has 3 aromatic rings. The Labute approximate surface area is 120 Å². The van der Waals surface area contributed by atoms with Gasteiger partial charge in [-0.1, -0.05) is 41.9 Å². The Morgan fingerprint density at radius 1 is 0.800 bits per heavy atom. The van der Waals surface area contributed by atoms with Crippen LogP contribution < -0.4 is 0 Å². The van der Waals surface area contributed by atoms with Gasteiger partial charge < -0.3 is 0 Å². The first-order valence-corrected chi connectivity index (χ1v) is 6.46. The van der Waals surface area contributed by atoms with Crippen LogP contribution in [0, 0.1) is 5.82 Å². The van der Waals surface area contributed by atoms with E-state index < -0.39 is 0 Å². The summed E-state index contributed by atoms with van der Waals surface area (Å²) in [5.74, 6) is -0.279. The van der Waals surface area contributed by atoms with Gasteiger partial charge in [0.15, 0.2) is 5.15 Å². The van der Waals surface area contributed by atoms with Crippen LogP contribution >= 0.6 is 11.6 Å². The average molecular weight is 285 g/mol. The molecule has 0 saturated carbocycles. The third-order valence-corrected chi connectivity index (χ3v) is 3.25. The van der Waals surface area contributed by atoms with Crippen LogP contribution in [0.4, 0.5) is 4.39 Å². The second-order valence-corrected chi connectivity index (χ2v) is 4.66. The molecule has 0 atom stereocenters. The van der Waals surface area contributed by atoms with Crippen LogP contribution in [0.3, 0.4) is 0 Å². The van der Waals surface area contributed by atoms with E-state index in [1.807, 2.05) is 36.4 Å². The zero-order valence-electron chi connectivity index (χ0n) is 10.4. The number of hydrogen-bond acceptors (Lipinski definition) is 2. The summed E-state index contributed by atoms with van der Waals surface area (Å²) < 4.78 is 13.0. The third kappa shape index (κ3) is 2.53. The van der Waals surface area contributed by atoms with Crippen LogP contribution in [0.5, 0.6) is 0 Å². The predicted octanol–water partition coefficient (Wildman–Crippen LogP) is 4.60. The van der Waals surface area contributed by atoms with Crippen molar-refractivity contribution in [2.75, 3.05) is 0 Å². The van der Waals surface area contributed by atoms with Gasteiger partial charge in [-0.3, -0.25) is 0 Å². The quantitative estimate of drug-likeness (QED) is 0.687. The molecule has 20 heavy (non-hydrogen) atoms. The number of benzene rings is 2. The molecule has 1 aromatic heterocycles. The monoisotopic (exact) mass is 284 g/mol. The highest BCUT2D eigenvalue weighted by Crippen LogP contribution is 2.29. The smallest absolute Gasteiger partial charge is 0.159 e. The summed E-state index contributed by atoms with van der Waals surface area (Å²) in [4.78, 5) is 0. The molecule has 0 fully saturated rings. The molecule has 2 nitrogen and oxygen atoms in total. The SMILES string of the molecule is Fc1ccc(-c2cc(-c3ccccc3)c(Cl)nn2)cc1. The van der Waals surface area contributed by atoms with Crippen LogP contribution in [0.2, 0.25) is 5.15 Å². The minimum atomic E-state index is -0.279. The van der Waals surface area contributed by atoms with Crippen LogP contribution in [0.25, 0.3) is 22.4 Å². The second kappa shape index (κ2) is 5.39. The summed E-state index contributed by atoms with van der Waals surface area (Å²) in [6, 6.07) is 17.7. The number of hydrogen-bond donors (Lipinski definition) is 0. The molecule has 0 radical (unpaired) electrons. The fraction of sp³-hybridized carbons (Fsp3) is 0. The Morgan fingerprint density at radius 2 is 1.50 bits per heavy atom. The zero-order chi connectivity index (χ0) is 13.9. The van der Waals surface area contributed by atoms with E-state index in [1.54, 1.807) is 12.1 Å². The number of aromatic nitrogens is 2. The summed E-state index contributed by atoms with van der Waals surface area (Å²) in [5.41, 5.74) is 3.23. The highest BCUT2D eigenvalue weighted by atomic mass is 35.5. The van der Waals surface area contributed by atoms with E-state index in [0.29, 0.717) is 10.8 Å². The van der Waals surface area contributed by atoms with Crippen molar-refractivity contribution in [2.45, 2.75) is 0 Å². The van der Waals surface area contributed by atoms with E-state index in [-0.39, 0.29) is 5.82 Å². The van der Waals surface area contributed by atoms with Gasteiger partial charge >= 0.3 is 0 Å². The van der Waals surface area contributed by atoms with Crippen LogP contribution in [0.15, 0.2) is 60.7 Å². The van der Waals surface area contributed by atoms with E-state index in [1.165, 1.54) is 12.1 Å². The molecule has 0 unspecified atom stereocenters. The number of nitrogens with zero attached hydrogens (tertiary/aromatic N) is 2. The van der Waals surface area contributed by atoms with Crippen LogP contribution in [-0.2, 0) is 0 Å². The van der Waals surface area contributed by atoms with E-state index in [4.69, 9.17) is 11.6 Å². The lowest BCUT2D eigenvalue weighted by Crippen LogP contribution is -1.92. The molecule has 0 aliphatic rings. The fourth-order valence-electron chi connectivity index (χ4n) is 1.96. The minimum Gasteiger partial charge on any atom is -0.207 e. The Morgan fingerprint density at radius 3 is 2.20 bits per heavy atom. The van der Waals surface area contributed by atoms with Crippen LogP contribution in [0.1, 0.15) is 0 Å². The molecule has 4 heteroatoms. The lowest BCUT2D eigenvalue weighted by Gasteiger charge is -2.06. The zero-order valence-corrected chi connectivity index (χ0v) is 11.2. The summed E-state index contributed by atoms with van der Waals surface area (Å²) in [6.07, 6.45) is 0. The van der Waals surface area contributed by atoms with Crippen molar-refractivity contribution in [3.8, 4) is 22.4 Å². The largest absolute Gasteiger partial charge is 0.207 e. The van der Waals surface area contributed by atoms with Crippen molar-refractivity contribution in [3.63, 3.8) is 0 Å². The van der Waals surface area contributed by atoms with Crippen molar-refractivity contribution in [3.05, 3.63) is 71.6 Å². The van der Waals surface area contributed by atoms with Gasteiger partial charge in [0.05, 0.1) is 5.69 Å². The van der Waals surface area contributed by atoms with Crippen molar-refractivity contribution in [1.82, 2.24) is 10.2 Å². The lowest BCUT2D eigenvalue weighted by atomic mass is 10.1. The average Bonchev–Trinajstić information content (AvgIpc) is 2.50. The Bertz CT molecular complexity index is 727. The summed E-state index contributed by atoms with van der Waals surface area (Å²) >= 11 is 6.11. The highest BCUT2D eigenvalue weighted by Gasteiger charge is 2.09. The Hall–Kier alpha value is -2.26. The first-order valence-electron chi connectivity index (χ1n) is 6.08. The molecule has 0 aliphatic carbocycles.